The van der Waals surface area contributed by atoms with Gasteiger partial charge in [-0.3, -0.25) is 0 Å². The Morgan fingerprint density at radius 3 is 1.12 bits per heavy atom. The van der Waals surface area contributed by atoms with Crippen LogP contribution in [0.25, 0.3) is 21.5 Å². The highest BCUT2D eigenvalue weighted by Crippen LogP contribution is 2.63. The van der Waals surface area contributed by atoms with Crippen LogP contribution in [0.1, 0.15) is 86.5 Å². The molecule has 4 aromatic carbocycles. The van der Waals surface area contributed by atoms with E-state index in [1.54, 1.807) is 22.3 Å². The molecule has 4 heteroatoms. The molecule has 4 bridgehead atoms. The van der Waals surface area contributed by atoms with E-state index < -0.39 is 0 Å². The van der Waals surface area contributed by atoms with E-state index in [0.717, 1.165) is 0 Å². The fourth-order valence-electron chi connectivity index (χ4n) is 8.81. The molecular weight excluding hydrogens is 585 g/mol. The Balaban J connectivity index is 0.994. The lowest BCUT2D eigenvalue weighted by Crippen LogP contribution is -2.32. The van der Waals surface area contributed by atoms with Gasteiger partial charge < -0.3 is 0 Å². The summed E-state index contributed by atoms with van der Waals surface area (Å²) in [5.41, 5.74) is 6.98. The van der Waals surface area contributed by atoms with Crippen LogP contribution in [-0.4, -0.2) is 0 Å². The van der Waals surface area contributed by atoms with E-state index in [0.29, 0.717) is 34.5 Å². The first-order chi connectivity index (χ1) is 20.2. The average Bonchev–Trinajstić information content (AvgIpc) is 3.55. The molecule has 0 radical (unpaired) electrons. The number of thioether (sulfide) groups is 4. The summed E-state index contributed by atoms with van der Waals surface area (Å²) in [6, 6.07) is 19.9. The summed E-state index contributed by atoms with van der Waals surface area (Å²) >= 11 is 7.93. The lowest BCUT2D eigenvalue weighted by molar-refractivity contribution is 0.251. The third kappa shape index (κ3) is 3.50. The standard InChI is InChI=1S/C38H32S4/c1-37(2)17-19-5-7-29(37)27-11-23-15-33-31(13-21(23)9-25(19)27)39-35(41-33)36-40-32-14-22-10-26-20-6-8-30(38(3,4)18-20)28(26)12-24(22)16-34(32)42-36/h5-16,19-20,29-30H,17-18H2,1-4H3/b36-35+. The molecule has 208 valence electrons. The Kier molecular flexibility index (Phi) is 5.06. The Bertz CT molecular complexity index is 1880. The second-order valence-electron chi connectivity index (χ2n) is 14.6. The number of hydrogen-bond donors (Lipinski definition) is 0. The molecule has 0 aromatic heterocycles. The molecule has 0 N–H and O–H groups in total. The van der Waals surface area contributed by atoms with E-state index >= 15 is 0 Å². The zero-order valence-electron chi connectivity index (χ0n) is 24.3. The molecule has 0 saturated carbocycles. The van der Waals surface area contributed by atoms with Crippen LogP contribution in [0.2, 0.25) is 0 Å². The topological polar surface area (TPSA) is 0 Å². The summed E-state index contributed by atoms with van der Waals surface area (Å²) < 4.78 is 2.90. The van der Waals surface area contributed by atoms with Gasteiger partial charge in [0.05, 0.1) is 8.47 Å². The molecule has 0 fully saturated rings. The van der Waals surface area contributed by atoms with Gasteiger partial charge >= 0.3 is 0 Å². The van der Waals surface area contributed by atoms with E-state index in [2.05, 4.69) is 101 Å². The van der Waals surface area contributed by atoms with Gasteiger partial charge in [-0.25, -0.2) is 0 Å². The first-order valence-electron chi connectivity index (χ1n) is 15.3. The number of fused-ring (bicyclic) bond motifs is 6. The maximum Gasteiger partial charge on any atom is 0.0706 e. The Morgan fingerprint density at radius 2 is 0.786 bits per heavy atom. The number of rotatable bonds is 0. The minimum Gasteiger partial charge on any atom is -0.0803 e. The summed E-state index contributed by atoms with van der Waals surface area (Å²) in [5.74, 6) is 2.22. The fourth-order valence-corrected chi connectivity index (χ4v) is 14.2. The molecular formula is C38H32S4. The average molecular weight is 617 g/mol. The van der Waals surface area contributed by atoms with Crippen LogP contribution in [0.4, 0.5) is 0 Å². The summed E-state index contributed by atoms with van der Waals surface area (Å²) in [5, 5.41) is 5.62. The highest BCUT2D eigenvalue weighted by Gasteiger charge is 2.43. The maximum atomic E-state index is 2.52. The van der Waals surface area contributed by atoms with Crippen molar-refractivity contribution in [1.82, 2.24) is 0 Å². The quantitative estimate of drug-likeness (QED) is 0.180. The van der Waals surface area contributed by atoms with Gasteiger partial charge in [0, 0.05) is 43.3 Å². The summed E-state index contributed by atoms with van der Waals surface area (Å²) in [6.45, 7) is 9.79. The van der Waals surface area contributed by atoms with Gasteiger partial charge in [-0.05, 0) is 91.7 Å². The molecule has 42 heavy (non-hydrogen) atoms. The largest absolute Gasteiger partial charge is 0.0803 e. The van der Waals surface area contributed by atoms with Crippen molar-refractivity contribution >= 4 is 68.6 Å². The Hall–Kier alpha value is -1.98. The maximum absolute atomic E-state index is 2.52. The second-order valence-corrected chi connectivity index (χ2v) is 19.3. The van der Waals surface area contributed by atoms with Crippen LogP contribution in [-0.2, 0) is 0 Å². The molecule has 4 unspecified atom stereocenters. The molecule has 6 aliphatic carbocycles. The minimum absolute atomic E-state index is 0.349. The lowest BCUT2D eigenvalue weighted by Gasteiger charge is -2.46. The normalized spacial score (nSPS) is 30.2. The van der Waals surface area contributed by atoms with Crippen molar-refractivity contribution in [1.29, 1.82) is 0 Å². The van der Waals surface area contributed by atoms with Gasteiger partial charge in [0.15, 0.2) is 0 Å². The van der Waals surface area contributed by atoms with Crippen molar-refractivity contribution in [2.45, 2.75) is 83.8 Å². The van der Waals surface area contributed by atoms with Gasteiger partial charge in [0.2, 0.25) is 0 Å². The van der Waals surface area contributed by atoms with Crippen molar-refractivity contribution in [2.75, 3.05) is 0 Å². The van der Waals surface area contributed by atoms with E-state index in [9.17, 15) is 0 Å². The lowest BCUT2D eigenvalue weighted by atomic mass is 9.58. The van der Waals surface area contributed by atoms with Gasteiger partial charge in [-0.2, -0.15) is 0 Å². The molecule has 8 aliphatic rings. The highest BCUT2D eigenvalue weighted by molar-refractivity contribution is 8.30. The van der Waals surface area contributed by atoms with E-state index in [1.807, 2.05) is 47.0 Å². The SMILES string of the molecule is CC1(C)CC2C=CC1c1cc3cc4c(cc3cc12)S/C(=C1/Sc2cc3cc5c(cc3cc2S1)C1C=CC5CC1(C)C)S4. The zero-order valence-corrected chi connectivity index (χ0v) is 27.6. The molecule has 0 nitrogen and oxygen atoms in total. The monoisotopic (exact) mass is 616 g/mol. The molecule has 4 atom stereocenters. The predicted molar refractivity (Wildman–Crippen MR) is 184 cm³/mol. The molecule has 12 rings (SSSR count). The number of hydrogen-bond acceptors (Lipinski definition) is 4. The van der Waals surface area contributed by atoms with Crippen molar-refractivity contribution < 1.29 is 0 Å². The third-order valence-corrected chi connectivity index (χ3v) is 16.5. The fraction of sp³-hybridized carbons (Fsp3) is 0.316. The van der Waals surface area contributed by atoms with E-state index in [-0.39, 0.29) is 0 Å². The molecule has 2 aliphatic heterocycles. The van der Waals surface area contributed by atoms with Crippen molar-refractivity contribution in [3.8, 4) is 0 Å². The Morgan fingerprint density at radius 1 is 0.452 bits per heavy atom. The smallest absolute Gasteiger partial charge is 0.0706 e. The second kappa shape index (κ2) is 8.38. The summed E-state index contributed by atoms with van der Waals surface area (Å²) in [6.07, 6.45) is 12.4. The van der Waals surface area contributed by atoms with Gasteiger partial charge in [0.25, 0.3) is 0 Å². The first kappa shape index (κ1) is 25.4. The number of allylic oxidation sites excluding steroid dienone is 4. The highest BCUT2D eigenvalue weighted by atomic mass is 32.2. The molecule has 2 heterocycles. The van der Waals surface area contributed by atoms with Crippen LogP contribution in [0, 0.1) is 10.8 Å². The van der Waals surface area contributed by atoms with Gasteiger partial charge in [0.1, 0.15) is 0 Å². The number of benzene rings is 4. The van der Waals surface area contributed by atoms with Crippen LogP contribution < -0.4 is 0 Å². The van der Waals surface area contributed by atoms with Gasteiger partial charge in [-0.1, -0.05) is 123 Å². The first-order valence-corrected chi connectivity index (χ1v) is 18.5. The predicted octanol–water partition coefficient (Wildman–Crippen LogP) is 12.5. The van der Waals surface area contributed by atoms with E-state index in [1.165, 1.54) is 62.4 Å². The zero-order chi connectivity index (χ0) is 28.1. The van der Waals surface area contributed by atoms with Crippen LogP contribution in [0.15, 0.2) is 101 Å². The molecule has 0 spiro atoms. The van der Waals surface area contributed by atoms with Crippen molar-refractivity contribution in [3.05, 3.63) is 104 Å². The molecule has 4 aromatic rings. The third-order valence-electron chi connectivity index (χ3n) is 10.9. The van der Waals surface area contributed by atoms with Gasteiger partial charge in [-0.15, -0.1) is 0 Å². The molecule has 0 amide bonds. The summed E-state index contributed by atoms with van der Waals surface area (Å²) in [4.78, 5) is 5.69. The Labute approximate surface area is 265 Å². The summed E-state index contributed by atoms with van der Waals surface area (Å²) in [7, 11) is 0. The minimum atomic E-state index is 0.349. The van der Waals surface area contributed by atoms with Crippen LogP contribution in [0.5, 0.6) is 0 Å². The van der Waals surface area contributed by atoms with Crippen molar-refractivity contribution in [2.24, 2.45) is 10.8 Å². The van der Waals surface area contributed by atoms with E-state index in [4.69, 9.17) is 0 Å². The van der Waals surface area contributed by atoms with Crippen molar-refractivity contribution in [3.63, 3.8) is 0 Å². The molecule has 0 saturated heterocycles. The van der Waals surface area contributed by atoms with Crippen LogP contribution >= 0.6 is 47.0 Å². The van der Waals surface area contributed by atoms with Crippen LogP contribution in [0.3, 0.4) is 0 Å².